The Kier molecular flexibility index (Phi) is 8.83. The molecule has 8 heteroatoms. The zero-order valence-corrected chi connectivity index (χ0v) is 15.0. The van der Waals surface area contributed by atoms with Gasteiger partial charge in [0.2, 0.25) is 17.7 Å². The molecule has 1 unspecified atom stereocenters. The molecule has 0 radical (unpaired) electrons. The maximum Gasteiger partial charge on any atom is 0.305 e. The van der Waals surface area contributed by atoms with Gasteiger partial charge in [0.05, 0.1) is 12.5 Å². The van der Waals surface area contributed by atoms with Crippen LogP contribution in [0.3, 0.4) is 0 Å². The van der Waals surface area contributed by atoms with Crippen LogP contribution in [0.4, 0.5) is 0 Å². The third-order valence-electron chi connectivity index (χ3n) is 3.68. The van der Waals surface area contributed by atoms with Crippen LogP contribution in [0.25, 0.3) is 0 Å². The largest absolute Gasteiger partial charge is 0.481 e. The maximum absolute atomic E-state index is 12.1. The molecule has 0 aliphatic rings. The number of carboxylic acids is 1. The third-order valence-corrected chi connectivity index (χ3v) is 3.68. The van der Waals surface area contributed by atoms with Gasteiger partial charge in [0.1, 0.15) is 0 Å². The number of rotatable bonds is 10. The molecule has 4 N–H and O–H groups in total. The van der Waals surface area contributed by atoms with Crippen LogP contribution in [0.1, 0.15) is 43.4 Å². The molecule has 142 valence electrons. The van der Waals surface area contributed by atoms with E-state index in [-0.39, 0.29) is 37.6 Å². The number of aryl methyl sites for hydroxylation is 1. The van der Waals surface area contributed by atoms with E-state index in [0.29, 0.717) is 6.54 Å². The van der Waals surface area contributed by atoms with Gasteiger partial charge in [-0.25, -0.2) is 0 Å². The van der Waals surface area contributed by atoms with Crippen LogP contribution in [0, 0.1) is 6.92 Å². The van der Waals surface area contributed by atoms with Gasteiger partial charge in [-0.1, -0.05) is 24.3 Å². The standard InChI is InChI=1S/C18H25N3O5/c1-12-5-3-4-6-14(12)15(11-18(25)26)21-17(24)8-7-16(23)20-10-9-19-13(2)22/h3-6,15H,7-11H2,1-2H3,(H,19,22)(H,20,23)(H,21,24)(H,25,26). The van der Waals surface area contributed by atoms with Crippen LogP contribution >= 0.6 is 0 Å². The lowest BCUT2D eigenvalue weighted by atomic mass is 9.98. The minimum absolute atomic E-state index is 0.0144. The molecule has 0 saturated carbocycles. The molecule has 1 rings (SSSR count). The van der Waals surface area contributed by atoms with Crippen molar-refractivity contribution in [2.45, 2.75) is 39.2 Å². The molecule has 0 heterocycles. The molecule has 0 aliphatic carbocycles. The second kappa shape index (κ2) is 10.9. The number of benzene rings is 1. The fraction of sp³-hybridized carbons (Fsp3) is 0.444. The van der Waals surface area contributed by atoms with Crippen molar-refractivity contribution in [3.8, 4) is 0 Å². The summed E-state index contributed by atoms with van der Waals surface area (Å²) in [5.74, 6) is -1.90. The van der Waals surface area contributed by atoms with E-state index in [9.17, 15) is 19.2 Å². The van der Waals surface area contributed by atoms with Gasteiger partial charge in [0.25, 0.3) is 0 Å². The van der Waals surface area contributed by atoms with Gasteiger partial charge in [-0.05, 0) is 18.1 Å². The Hall–Kier alpha value is -2.90. The molecule has 0 spiro atoms. The van der Waals surface area contributed by atoms with Gasteiger partial charge in [0, 0.05) is 32.9 Å². The highest BCUT2D eigenvalue weighted by molar-refractivity contribution is 5.84. The monoisotopic (exact) mass is 363 g/mol. The molecule has 1 aromatic rings. The summed E-state index contributed by atoms with van der Waals surface area (Å²) in [6.45, 7) is 3.83. The summed E-state index contributed by atoms with van der Waals surface area (Å²) in [6, 6.07) is 6.59. The Labute approximate surface area is 152 Å². The second-order valence-electron chi connectivity index (χ2n) is 5.91. The van der Waals surface area contributed by atoms with Crippen molar-refractivity contribution >= 4 is 23.7 Å². The Morgan fingerprint density at radius 2 is 1.62 bits per heavy atom. The number of carboxylic acid groups (broad SMARTS) is 1. The van der Waals surface area contributed by atoms with Crippen LogP contribution in [0.2, 0.25) is 0 Å². The van der Waals surface area contributed by atoms with Gasteiger partial charge >= 0.3 is 5.97 Å². The van der Waals surface area contributed by atoms with E-state index in [0.717, 1.165) is 11.1 Å². The third kappa shape index (κ3) is 8.27. The van der Waals surface area contributed by atoms with E-state index >= 15 is 0 Å². The zero-order valence-electron chi connectivity index (χ0n) is 15.0. The lowest BCUT2D eigenvalue weighted by molar-refractivity contribution is -0.138. The van der Waals surface area contributed by atoms with Crippen LogP contribution in [-0.4, -0.2) is 41.9 Å². The van der Waals surface area contributed by atoms with E-state index in [1.165, 1.54) is 6.92 Å². The van der Waals surface area contributed by atoms with E-state index in [1.54, 1.807) is 12.1 Å². The van der Waals surface area contributed by atoms with Crippen molar-refractivity contribution < 1.29 is 24.3 Å². The Balaban J connectivity index is 2.49. The summed E-state index contributed by atoms with van der Waals surface area (Å²) in [5, 5.41) is 16.9. The maximum atomic E-state index is 12.1. The molecule has 0 saturated heterocycles. The average Bonchev–Trinajstić information content (AvgIpc) is 2.56. The number of nitrogens with one attached hydrogen (secondary N) is 3. The van der Waals surface area contributed by atoms with Gasteiger partial charge in [-0.3, -0.25) is 19.2 Å². The molecule has 1 aromatic carbocycles. The van der Waals surface area contributed by atoms with Gasteiger partial charge in [0.15, 0.2) is 0 Å². The highest BCUT2D eigenvalue weighted by Gasteiger charge is 2.19. The van der Waals surface area contributed by atoms with E-state index < -0.39 is 17.9 Å². The van der Waals surface area contributed by atoms with Crippen LogP contribution in [0.15, 0.2) is 24.3 Å². The summed E-state index contributed by atoms with van der Waals surface area (Å²) in [4.78, 5) is 45.6. The number of amides is 3. The number of hydrogen-bond acceptors (Lipinski definition) is 4. The summed E-state index contributed by atoms with van der Waals surface area (Å²) >= 11 is 0. The first-order valence-electron chi connectivity index (χ1n) is 8.37. The van der Waals surface area contributed by atoms with Crippen LogP contribution < -0.4 is 16.0 Å². The van der Waals surface area contributed by atoms with Crippen molar-refractivity contribution in [2.24, 2.45) is 0 Å². The Morgan fingerprint density at radius 1 is 1.00 bits per heavy atom. The molecule has 0 aromatic heterocycles. The number of carbonyl (C=O) groups excluding carboxylic acids is 3. The highest BCUT2D eigenvalue weighted by Crippen LogP contribution is 2.20. The molecular weight excluding hydrogens is 338 g/mol. The lowest BCUT2D eigenvalue weighted by Crippen LogP contribution is -2.35. The minimum Gasteiger partial charge on any atom is -0.481 e. The summed E-state index contributed by atoms with van der Waals surface area (Å²) < 4.78 is 0. The first-order chi connectivity index (χ1) is 12.3. The van der Waals surface area contributed by atoms with Crippen molar-refractivity contribution in [1.82, 2.24) is 16.0 Å². The molecule has 0 aliphatic heterocycles. The SMILES string of the molecule is CC(=O)NCCNC(=O)CCC(=O)NC(CC(=O)O)c1ccccc1C. The van der Waals surface area contributed by atoms with Crippen molar-refractivity contribution in [1.29, 1.82) is 0 Å². The zero-order chi connectivity index (χ0) is 19.5. The fourth-order valence-electron chi connectivity index (χ4n) is 2.41. The molecule has 26 heavy (non-hydrogen) atoms. The predicted octanol–water partition coefficient (Wildman–Crippen LogP) is 0.660. The number of carbonyl (C=O) groups is 4. The lowest BCUT2D eigenvalue weighted by Gasteiger charge is -2.19. The first-order valence-corrected chi connectivity index (χ1v) is 8.37. The summed E-state index contributed by atoms with van der Waals surface area (Å²) in [7, 11) is 0. The average molecular weight is 363 g/mol. The fourth-order valence-corrected chi connectivity index (χ4v) is 2.41. The van der Waals surface area contributed by atoms with Crippen LogP contribution in [-0.2, 0) is 19.2 Å². The number of aliphatic carboxylic acids is 1. The van der Waals surface area contributed by atoms with Gasteiger partial charge < -0.3 is 21.1 Å². The normalized spacial score (nSPS) is 11.3. The number of hydrogen-bond donors (Lipinski definition) is 4. The topological polar surface area (TPSA) is 125 Å². The van der Waals surface area contributed by atoms with Crippen molar-refractivity contribution in [3.63, 3.8) is 0 Å². The first kappa shape index (κ1) is 21.1. The van der Waals surface area contributed by atoms with Crippen LogP contribution in [0.5, 0.6) is 0 Å². The highest BCUT2D eigenvalue weighted by atomic mass is 16.4. The van der Waals surface area contributed by atoms with Gasteiger partial charge in [-0.15, -0.1) is 0 Å². The molecule has 0 bridgehead atoms. The predicted molar refractivity (Wildman–Crippen MR) is 95.2 cm³/mol. The smallest absolute Gasteiger partial charge is 0.305 e. The minimum atomic E-state index is -1.02. The van der Waals surface area contributed by atoms with E-state index in [2.05, 4.69) is 16.0 Å². The summed E-state index contributed by atoms with van der Waals surface area (Å²) in [5.41, 5.74) is 1.62. The Morgan fingerprint density at radius 3 is 2.23 bits per heavy atom. The molecule has 3 amide bonds. The van der Waals surface area contributed by atoms with Crippen molar-refractivity contribution in [3.05, 3.63) is 35.4 Å². The quantitative estimate of drug-likeness (QED) is 0.455. The van der Waals surface area contributed by atoms with E-state index in [1.807, 2.05) is 19.1 Å². The van der Waals surface area contributed by atoms with Gasteiger partial charge in [-0.2, -0.15) is 0 Å². The molecule has 1 atom stereocenters. The molecular formula is C18H25N3O5. The molecule has 0 fully saturated rings. The Bertz CT molecular complexity index is 660. The molecule has 8 nitrogen and oxygen atoms in total. The second-order valence-corrected chi connectivity index (χ2v) is 5.91. The van der Waals surface area contributed by atoms with E-state index in [4.69, 9.17) is 5.11 Å². The van der Waals surface area contributed by atoms with Crippen molar-refractivity contribution in [2.75, 3.05) is 13.1 Å². The summed E-state index contributed by atoms with van der Waals surface area (Å²) in [6.07, 6.45) is -0.299.